The van der Waals surface area contributed by atoms with Crippen molar-refractivity contribution in [1.82, 2.24) is 89.6 Å². The molecule has 21 rings (SSSR count). The van der Waals surface area contributed by atoms with Crippen LogP contribution in [0.1, 0.15) is 187 Å². The molecule has 40 heteroatoms. The number of hydrogen-bond acceptors (Lipinski definition) is 23. The van der Waals surface area contributed by atoms with E-state index < -0.39 is 173 Å². The van der Waals surface area contributed by atoms with Gasteiger partial charge in [0.05, 0.1) is 22.8 Å². The highest BCUT2D eigenvalue weighted by molar-refractivity contribution is 7.99. The molecule has 3 unspecified atom stereocenters. The van der Waals surface area contributed by atoms with Crippen LogP contribution in [0.4, 0.5) is 11.4 Å². The zero-order valence-corrected chi connectivity index (χ0v) is 83.4. The molecule has 4 aromatic carbocycles. The maximum Gasteiger partial charge on any atom is 0.251 e. The van der Waals surface area contributed by atoms with Crippen LogP contribution in [0.3, 0.4) is 0 Å². The number of nitrogens with two attached hydrogens (primary N) is 1. The van der Waals surface area contributed by atoms with Crippen LogP contribution in [-0.4, -0.2) is 362 Å². The Morgan fingerprint density at radius 3 is 1.00 bits per heavy atom. The van der Waals surface area contributed by atoms with Crippen molar-refractivity contribution in [2.24, 2.45) is 5.73 Å². The van der Waals surface area contributed by atoms with Crippen molar-refractivity contribution in [2.45, 2.75) is 274 Å². The zero-order valence-electron chi connectivity index (χ0n) is 82.6. The average Bonchev–Trinajstić information content (AvgIpc) is 1.66. The van der Waals surface area contributed by atoms with E-state index in [1.54, 1.807) is 70.2 Å². The Morgan fingerprint density at radius 2 is 0.626 bits per heavy atom. The Morgan fingerprint density at radius 1 is 0.327 bits per heavy atom. The third-order valence-electron chi connectivity index (χ3n) is 32.8. The van der Waals surface area contributed by atoms with E-state index in [0.29, 0.717) is 138 Å². The number of para-hydroxylation sites is 4. The number of carbonyl (C=O) groups is 17. The van der Waals surface area contributed by atoms with E-state index in [-0.39, 0.29) is 177 Å². The van der Waals surface area contributed by atoms with Crippen molar-refractivity contribution in [1.29, 1.82) is 0 Å². The van der Waals surface area contributed by atoms with E-state index in [9.17, 15) is 33.6 Å². The van der Waals surface area contributed by atoms with E-state index >= 15 is 47.9 Å². The number of amides is 17. The van der Waals surface area contributed by atoms with Crippen LogP contribution in [0, 0.1) is 6.92 Å². The second-order valence-electron chi connectivity index (χ2n) is 41.7. The summed E-state index contributed by atoms with van der Waals surface area (Å²) in [4.78, 5) is 289. The van der Waals surface area contributed by atoms with E-state index in [1.807, 2.05) is 67.6 Å². The summed E-state index contributed by atoms with van der Waals surface area (Å²) in [5.41, 5.74) is 9.87. The Hall–Kier alpha value is -14.1. The van der Waals surface area contributed by atoms with Gasteiger partial charge in [-0.15, -0.1) is 0 Å². The van der Waals surface area contributed by atoms with E-state index in [1.165, 1.54) is 79.2 Å². The molecule has 17 heterocycles. The molecule has 0 radical (unpaired) electrons. The molecule has 772 valence electrons. The van der Waals surface area contributed by atoms with Gasteiger partial charge in [0.15, 0.2) is 23.0 Å². The topological polar surface area (TPSA) is 442 Å². The van der Waals surface area contributed by atoms with Gasteiger partial charge >= 0.3 is 0 Å². The van der Waals surface area contributed by atoms with Gasteiger partial charge in [-0.1, -0.05) is 48.2 Å². The van der Waals surface area contributed by atoms with Gasteiger partial charge in [-0.3, -0.25) is 91.5 Å². The Bertz CT molecular complexity index is 6260. The predicted molar refractivity (Wildman–Crippen MR) is 531 cm³/mol. The van der Waals surface area contributed by atoms with Gasteiger partial charge in [0.25, 0.3) is 11.8 Å². The Kier molecular flexibility index (Phi) is 28.0. The highest BCUT2D eigenvalue weighted by Crippen LogP contribution is 2.50. The van der Waals surface area contributed by atoms with Crippen LogP contribution in [0.15, 0.2) is 137 Å². The van der Waals surface area contributed by atoms with Crippen LogP contribution >= 0.6 is 11.8 Å². The molecule has 17 amide bonds. The normalized spacial score (nSPS) is 27.0. The maximum atomic E-state index is 16.3. The second-order valence-corrected chi connectivity index (χ2v) is 42.8. The number of rotatable bonds is 22. The van der Waals surface area contributed by atoms with Gasteiger partial charge in [-0.05, 0) is 239 Å². The molecule has 0 bridgehead atoms. The molecule has 0 saturated carbocycles. The first-order chi connectivity index (χ1) is 71.2. The number of likely N-dealkylation sites (tertiary alicyclic amines) is 13. The molecular formula is C107H124N20O19S. The molecule has 0 aliphatic carbocycles. The van der Waals surface area contributed by atoms with Crippen molar-refractivity contribution in [3.05, 3.63) is 144 Å². The number of nitrogens with zero attached hydrogens (tertiary/aromatic N) is 16. The number of carbonyl (C=O) groups excluding carboxylic acids is 17. The number of benzene rings is 4. The summed E-state index contributed by atoms with van der Waals surface area (Å²) in [5.74, 6) is -6.91. The van der Waals surface area contributed by atoms with E-state index in [0.717, 1.165) is 26.7 Å². The smallest absolute Gasteiger partial charge is 0.251 e. The molecular weight excluding hydrogens is 1900 g/mol. The number of fused-ring (bicyclic) bond motifs is 4. The lowest BCUT2D eigenvalue weighted by Crippen LogP contribution is -2.60. The summed E-state index contributed by atoms with van der Waals surface area (Å²) in [6, 6.07) is 17.9. The quantitative estimate of drug-likeness (QED) is 0.0637. The molecule has 147 heavy (non-hydrogen) atoms. The lowest BCUT2D eigenvalue weighted by molar-refractivity contribution is -0.156. The Labute approximate surface area is 854 Å². The minimum atomic E-state index is -1.35. The summed E-state index contributed by atoms with van der Waals surface area (Å²) >= 11 is 1.64. The summed E-state index contributed by atoms with van der Waals surface area (Å²) in [5, 5.41) is 9.35. The maximum absolute atomic E-state index is 16.3. The molecule has 0 spiro atoms. The summed E-state index contributed by atoms with van der Waals surface area (Å²) in [6.07, 6.45) is 9.87. The van der Waals surface area contributed by atoms with Gasteiger partial charge in [0.2, 0.25) is 88.6 Å². The van der Waals surface area contributed by atoms with Crippen LogP contribution in [0.5, 0.6) is 23.0 Å². The fourth-order valence-electron chi connectivity index (χ4n) is 25.7. The number of nitrogens with one attached hydrogen (secondary N) is 3. The number of hydrogen-bond donors (Lipinski definition) is 4. The van der Waals surface area contributed by atoms with Gasteiger partial charge in [-0.2, -0.15) is 0 Å². The fourth-order valence-corrected chi connectivity index (χ4v) is 26.8. The van der Waals surface area contributed by atoms with Crippen molar-refractivity contribution in [3.8, 4) is 34.4 Å². The molecule has 5 N–H and O–H groups in total. The fraction of sp³-hybridized carbons (Fsp3) is 0.523. The van der Waals surface area contributed by atoms with Crippen molar-refractivity contribution in [2.75, 3.05) is 96.5 Å². The third-order valence-corrected chi connectivity index (χ3v) is 33.9. The first-order valence-corrected chi connectivity index (χ1v) is 53.2. The minimum Gasteiger partial charge on any atom is -0.450 e. The highest BCUT2D eigenvalue weighted by atomic mass is 32.2. The molecule has 2 aromatic heterocycles. The lowest BCUT2D eigenvalue weighted by Gasteiger charge is -2.38. The number of pyridine rings is 2. The van der Waals surface area contributed by atoms with Gasteiger partial charge in [0.1, 0.15) is 78.5 Å². The molecule has 16 atom stereocenters. The summed E-state index contributed by atoms with van der Waals surface area (Å²) < 4.78 is 12.3. The highest BCUT2D eigenvalue weighted by Gasteiger charge is 2.58. The number of aryl methyl sites for hydroxylation is 1. The Balaban J connectivity index is 0.535. The minimum absolute atomic E-state index is 0.0264. The average molecular weight is 2030 g/mol. The first-order valence-electron chi connectivity index (χ1n) is 52.4. The zero-order chi connectivity index (χ0) is 102. The molecule has 15 aliphatic rings. The molecule has 13 fully saturated rings. The largest absolute Gasteiger partial charge is 0.450 e. The molecule has 15 aliphatic heterocycles. The van der Waals surface area contributed by atoms with Crippen molar-refractivity contribution < 1.29 is 91.0 Å². The SMILES string of the molecule is CC(=O)N1CCC[C@H]1C(=O)N1CCC[C@H]1C(=O)N1CCC[C@H]1C(=O)N1CC(NC(=O)CCN2c3ccccc3Sc3ccccc32)C[C@H]1C(=O)N1CCC[C@H]1C(=O)N1CCC[C@H]1C(=O)N1CC(NC(=O)c2ccnc(-c3cc(C)ccn3)c2)C[C@H]1C(=O)N1CCC[C@H]1C(=O)N1CCC[C@H]1C(=O)N1CC(NC(=O)c2ccc3c(c2)Oc2ccccc2O3)C[C@H]1C(=O)N1CCC[C@H]1C(=O)N1CCC[C@H]1C(=O)N1CCC[C@H]1C(N)=O. The molecule has 39 nitrogen and oxygen atoms in total. The summed E-state index contributed by atoms with van der Waals surface area (Å²) in [6.45, 7) is 4.90. The molecule has 13 saturated heterocycles. The van der Waals surface area contributed by atoms with Gasteiger partial charge in [-0.25, -0.2) is 0 Å². The standard InChI is InChI=1S/C107H124N20O19S/c1-62-37-40-109-69(53-62)70-54-65(38-41-110-70)95(132)113-68-58-85(107(144)124-51-15-27-79(124)101(138)121-48-17-29-81(121)103(140)126-60-67(112-94(131)64-35-36-88-89(55-64)146-87-32-6-5-31-86(87)145-88)57-84(126)106(143)123-50-13-25-77(123)99(136)118-45-11-23-75(118)97(134)116-43-9-21-73(116)93(108)130)127(61-68)104(141)82-30-18-47-120(82)100(137)78-26-14-49-122(78)105(142)83-56-66(111-92(129)39-52-115-71-19-3-7-33-90(71)147-91-34-8-4-20-72(91)115)59-125(83)102(139)80-28-16-46-119(80)98(135)76-24-12-44-117(76)96(133)74-22-10-42-114(74)63(2)128/h3-8,19-20,31-38,40-41,53-55,66-68,73-85H,9-18,21-30,39,42-52,56-61H2,1-2H3,(H2,108,130)(H,111,129)(H,112,131)(H,113,132)/t66?,67?,68?,73-,74-,75-,76-,77-,78-,79-,80-,81-,82-,83-,84-,85-/m0/s1. The lowest BCUT2D eigenvalue weighted by atomic mass is 10.1. The number of primary amides is 1. The van der Waals surface area contributed by atoms with Crippen LogP contribution in [0.2, 0.25) is 0 Å². The third kappa shape index (κ3) is 19.2. The van der Waals surface area contributed by atoms with Gasteiger partial charge in [0, 0.05) is 156 Å². The van der Waals surface area contributed by atoms with Gasteiger partial charge < -0.3 is 99.8 Å². The second kappa shape index (κ2) is 41.7. The first kappa shape index (κ1) is 98.9. The summed E-state index contributed by atoms with van der Waals surface area (Å²) in [7, 11) is 0. The number of anilines is 2. The van der Waals surface area contributed by atoms with E-state index in [4.69, 9.17) is 15.2 Å². The monoisotopic (exact) mass is 2020 g/mol. The number of aromatic nitrogens is 2. The predicted octanol–water partition coefficient (Wildman–Crippen LogP) is 5.64. The number of ether oxygens (including phenoxy) is 2. The molecule has 6 aromatic rings. The van der Waals surface area contributed by atoms with Crippen molar-refractivity contribution >= 4 is 124 Å². The van der Waals surface area contributed by atoms with Crippen LogP contribution in [-0.2, 0) is 71.9 Å². The van der Waals surface area contributed by atoms with E-state index in [2.05, 4.69) is 30.8 Å². The van der Waals surface area contributed by atoms with Crippen molar-refractivity contribution in [3.63, 3.8) is 0 Å². The van der Waals surface area contributed by atoms with Crippen LogP contribution < -0.4 is 36.1 Å². The van der Waals surface area contributed by atoms with Crippen LogP contribution in [0.25, 0.3) is 11.4 Å².